The van der Waals surface area contributed by atoms with Gasteiger partial charge >= 0.3 is 0 Å². The fraction of sp³-hybridized carbons (Fsp3) is 0.250. The van der Waals surface area contributed by atoms with E-state index in [1.807, 2.05) is 24.3 Å². The van der Waals surface area contributed by atoms with E-state index in [0.29, 0.717) is 10.8 Å². The zero-order valence-electron chi connectivity index (χ0n) is 12.1. The molecular weight excluding hydrogens is 306 g/mol. The van der Waals surface area contributed by atoms with Crippen molar-refractivity contribution in [3.63, 3.8) is 0 Å². The molecule has 5 heteroatoms. The lowest BCUT2D eigenvalue weighted by Gasteiger charge is -2.13. The first kappa shape index (κ1) is 15.9. The Labute approximate surface area is 134 Å². The Morgan fingerprint density at radius 3 is 2.43 bits per heavy atom. The van der Waals surface area contributed by atoms with Gasteiger partial charge in [0.2, 0.25) is 0 Å². The van der Waals surface area contributed by atoms with Gasteiger partial charge in [-0.25, -0.2) is 0 Å². The van der Waals surface area contributed by atoms with Crippen LogP contribution >= 0.6 is 23.4 Å². The third-order valence-corrected chi connectivity index (χ3v) is 4.21. The van der Waals surface area contributed by atoms with Crippen molar-refractivity contribution in [2.24, 2.45) is 0 Å². The first-order chi connectivity index (χ1) is 10.2. The molecule has 21 heavy (non-hydrogen) atoms. The van der Waals surface area contributed by atoms with Crippen LogP contribution in [0.1, 0.15) is 0 Å². The van der Waals surface area contributed by atoms with Gasteiger partial charge in [0.25, 0.3) is 0 Å². The van der Waals surface area contributed by atoms with E-state index in [-0.39, 0.29) is 0 Å². The van der Waals surface area contributed by atoms with Crippen molar-refractivity contribution in [1.29, 1.82) is 0 Å². The van der Waals surface area contributed by atoms with Gasteiger partial charge in [-0.1, -0.05) is 29.8 Å². The first-order valence-electron chi connectivity index (χ1n) is 6.58. The molecule has 1 N–H and O–H groups in total. The highest BCUT2D eigenvalue weighted by atomic mass is 35.5. The molecule has 0 atom stereocenters. The summed E-state index contributed by atoms with van der Waals surface area (Å²) in [5.74, 6) is 2.29. The Balaban J connectivity index is 1.92. The molecule has 0 amide bonds. The molecule has 0 aliphatic carbocycles. The summed E-state index contributed by atoms with van der Waals surface area (Å²) < 4.78 is 10.5. The highest BCUT2D eigenvalue weighted by molar-refractivity contribution is 7.99. The second-order valence-electron chi connectivity index (χ2n) is 4.28. The molecule has 3 nitrogen and oxygen atoms in total. The van der Waals surface area contributed by atoms with Crippen molar-refractivity contribution in [1.82, 2.24) is 0 Å². The molecule has 0 aliphatic rings. The lowest BCUT2D eigenvalue weighted by Crippen LogP contribution is -2.05. The van der Waals surface area contributed by atoms with Crippen molar-refractivity contribution in [3.8, 4) is 11.5 Å². The minimum absolute atomic E-state index is 0.566. The summed E-state index contributed by atoms with van der Waals surface area (Å²) in [7, 11) is 3.22. The molecule has 0 radical (unpaired) electrons. The lowest BCUT2D eigenvalue weighted by atomic mass is 10.2. The standard InChI is InChI=1S/C16H18ClNO2S/c1-19-15-11-16(20-2)14(10-13(15)17)18-8-9-21-12-6-4-3-5-7-12/h3-7,10-11,18H,8-9H2,1-2H3. The van der Waals surface area contributed by atoms with Crippen LogP contribution in [0.25, 0.3) is 0 Å². The number of anilines is 1. The molecule has 0 aliphatic heterocycles. The molecule has 0 bridgehead atoms. The van der Waals surface area contributed by atoms with Gasteiger partial charge in [-0.3, -0.25) is 0 Å². The topological polar surface area (TPSA) is 30.5 Å². The third kappa shape index (κ3) is 4.48. The summed E-state index contributed by atoms with van der Waals surface area (Å²) in [5, 5.41) is 3.91. The van der Waals surface area contributed by atoms with Gasteiger partial charge in [0.15, 0.2) is 0 Å². The van der Waals surface area contributed by atoms with Gasteiger partial charge in [-0.2, -0.15) is 0 Å². The third-order valence-electron chi connectivity index (χ3n) is 2.90. The highest BCUT2D eigenvalue weighted by Gasteiger charge is 2.09. The zero-order valence-corrected chi connectivity index (χ0v) is 13.6. The number of benzene rings is 2. The number of halogens is 1. The van der Waals surface area contributed by atoms with Crippen LogP contribution in [0.3, 0.4) is 0 Å². The molecule has 0 heterocycles. The molecule has 0 saturated carbocycles. The first-order valence-corrected chi connectivity index (χ1v) is 7.94. The van der Waals surface area contributed by atoms with E-state index in [0.717, 1.165) is 23.7 Å². The van der Waals surface area contributed by atoms with Crippen molar-refractivity contribution in [2.75, 3.05) is 31.8 Å². The normalized spacial score (nSPS) is 10.2. The van der Waals surface area contributed by atoms with Crippen molar-refractivity contribution >= 4 is 29.1 Å². The maximum Gasteiger partial charge on any atom is 0.145 e. The average Bonchev–Trinajstić information content (AvgIpc) is 2.52. The van der Waals surface area contributed by atoms with E-state index in [1.165, 1.54) is 4.90 Å². The van der Waals surface area contributed by atoms with E-state index in [1.54, 1.807) is 32.0 Å². The van der Waals surface area contributed by atoms with Crippen LogP contribution in [0.15, 0.2) is 47.4 Å². The monoisotopic (exact) mass is 323 g/mol. The lowest BCUT2D eigenvalue weighted by molar-refractivity contribution is 0.395. The second-order valence-corrected chi connectivity index (χ2v) is 5.85. The van der Waals surface area contributed by atoms with E-state index in [4.69, 9.17) is 21.1 Å². The summed E-state index contributed by atoms with van der Waals surface area (Å²) in [5.41, 5.74) is 0.872. The second kappa shape index (κ2) is 8.05. The smallest absolute Gasteiger partial charge is 0.145 e. The maximum atomic E-state index is 6.14. The molecule has 0 unspecified atom stereocenters. The average molecular weight is 324 g/mol. The molecule has 0 aromatic heterocycles. The number of methoxy groups -OCH3 is 2. The molecule has 2 aromatic carbocycles. The highest BCUT2D eigenvalue weighted by Crippen LogP contribution is 2.35. The summed E-state index contributed by atoms with van der Waals surface area (Å²) in [4.78, 5) is 1.26. The summed E-state index contributed by atoms with van der Waals surface area (Å²) in [6.45, 7) is 0.818. The fourth-order valence-corrected chi connectivity index (χ4v) is 2.90. The predicted octanol–water partition coefficient (Wildman–Crippen LogP) is 4.56. The maximum absolute atomic E-state index is 6.14. The Morgan fingerprint density at radius 2 is 1.76 bits per heavy atom. The Hall–Kier alpha value is -1.52. The van der Waals surface area contributed by atoms with E-state index in [9.17, 15) is 0 Å². The molecule has 2 aromatic rings. The quantitative estimate of drug-likeness (QED) is 0.597. The van der Waals surface area contributed by atoms with Gasteiger partial charge in [-0.05, 0) is 18.2 Å². The van der Waals surface area contributed by atoms with Gasteiger partial charge < -0.3 is 14.8 Å². The molecule has 0 fully saturated rings. The SMILES string of the molecule is COc1cc(OC)c(NCCSc2ccccc2)cc1Cl. The van der Waals surface area contributed by atoms with Crippen molar-refractivity contribution < 1.29 is 9.47 Å². The van der Waals surface area contributed by atoms with Crippen LogP contribution in [0, 0.1) is 0 Å². The van der Waals surface area contributed by atoms with E-state index < -0.39 is 0 Å². The molecular formula is C16H18ClNO2S. The van der Waals surface area contributed by atoms with Crippen LogP contribution in [-0.4, -0.2) is 26.5 Å². The van der Waals surface area contributed by atoms with Gasteiger partial charge in [0.1, 0.15) is 11.5 Å². The number of hydrogen-bond donors (Lipinski definition) is 1. The zero-order chi connectivity index (χ0) is 15.1. The Kier molecular flexibility index (Phi) is 6.08. The van der Waals surface area contributed by atoms with E-state index in [2.05, 4.69) is 17.4 Å². The number of ether oxygens (including phenoxy) is 2. The van der Waals surface area contributed by atoms with Gasteiger partial charge in [-0.15, -0.1) is 11.8 Å². The minimum atomic E-state index is 0.566. The molecule has 0 saturated heterocycles. The van der Waals surface area contributed by atoms with Crippen molar-refractivity contribution in [2.45, 2.75) is 4.90 Å². The minimum Gasteiger partial charge on any atom is -0.495 e. The van der Waals surface area contributed by atoms with Gasteiger partial charge in [0, 0.05) is 23.3 Å². The molecule has 2 rings (SSSR count). The van der Waals surface area contributed by atoms with Crippen LogP contribution in [0.5, 0.6) is 11.5 Å². The molecule has 112 valence electrons. The predicted molar refractivity (Wildman–Crippen MR) is 90.2 cm³/mol. The number of rotatable bonds is 7. The fourth-order valence-electron chi connectivity index (χ4n) is 1.87. The summed E-state index contributed by atoms with van der Waals surface area (Å²) >= 11 is 7.95. The Morgan fingerprint density at radius 1 is 1.05 bits per heavy atom. The van der Waals surface area contributed by atoms with Crippen LogP contribution in [-0.2, 0) is 0 Å². The van der Waals surface area contributed by atoms with Crippen LogP contribution < -0.4 is 14.8 Å². The number of thioether (sulfide) groups is 1. The van der Waals surface area contributed by atoms with Crippen molar-refractivity contribution in [3.05, 3.63) is 47.5 Å². The Bertz CT molecular complexity index is 578. The summed E-state index contributed by atoms with van der Waals surface area (Å²) in [6.07, 6.45) is 0. The van der Waals surface area contributed by atoms with Gasteiger partial charge in [0.05, 0.1) is 24.9 Å². The summed E-state index contributed by atoms with van der Waals surface area (Å²) in [6, 6.07) is 13.9. The van der Waals surface area contributed by atoms with Crippen LogP contribution in [0.4, 0.5) is 5.69 Å². The number of hydrogen-bond acceptors (Lipinski definition) is 4. The van der Waals surface area contributed by atoms with E-state index >= 15 is 0 Å². The molecule has 0 spiro atoms. The largest absolute Gasteiger partial charge is 0.495 e. The van der Waals surface area contributed by atoms with Crippen LogP contribution in [0.2, 0.25) is 5.02 Å². The number of nitrogens with one attached hydrogen (secondary N) is 1.